The number of pyridine rings is 1. The lowest BCUT2D eigenvalue weighted by Gasteiger charge is -2.23. The lowest BCUT2D eigenvalue weighted by atomic mass is 9.95. The number of aromatic carboxylic acids is 1. The van der Waals surface area contributed by atoms with Crippen LogP contribution >= 0.6 is 0 Å². The number of fused-ring (bicyclic) bond motifs is 3. The molecule has 0 saturated heterocycles. The second kappa shape index (κ2) is 6.24. The number of hydrogen-bond donors (Lipinski definition) is 2. The minimum absolute atomic E-state index is 0.128. The number of carboxylic acid groups (broad SMARTS) is 1. The van der Waals surface area contributed by atoms with Gasteiger partial charge in [-0.1, -0.05) is 0 Å². The highest BCUT2D eigenvalue weighted by Crippen LogP contribution is 2.29. The third kappa shape index (κ3) is 2.69. The molecule has 4 rings (SSSR count). The van der Waals surface area contributed by atoms with Crippen LogP contribution in [0.5, 0.6) is 0 Å². The van der Waals surface area contributed by atoms with Crippen molar-refractivity contribution in [2.75, 3.05) is 6.54 Å². The van der Waals surface area contributed by atoms with E-state index < -0.39 is 34.4 Å². The Hall–Kier alpha value is -3.13. The Kier molecular flexibility index (Phi) is 4.00. The van der Waals surface area contributed by atoms with Gasteiger partial charge in [-0.3, -0.25) is 4.79 Å². The summed E-state index contributed by atoms with van der Waals surface area (Å²) in [6.07, 6.45) is 1.38. The molecule has 0 atom stereocenters. The number of nitrogens with zero attached hydrogens (tertiary/aromatic N) is 1. The van der Waals surface area contributed by atoms with Gasteiger partial charge in [-0.15, -0.1) is 0 Å². The molecule has 2 aromatic carbocycles. The Morgan fingerprint density at radius 1 is 1.11 bits per heavy atom. The van der Waals surface area contributed by atoms with E-state index in [9.17, 15) is 27.9 Å². The van der Waals surface area contributed by atoms with Crippen LogP contribution in [0.1, 0.15) is 21.5 Å². The molecule has 27 heavy (non-hydrogen) atoms. The largest absolute Gasteiger partial charge is 0.477 e. The molecule has 0 fully saturated rings. The molecule has 0 saturated carbocycles. The smallest absolute Gasteiger partial charge is 0.341 e. The van der Waals surface area contributed by atoms with E-state index in [1.165, 1.54) is 4.57 Å². The molecule has 0 unspecified atom stereocenters. The minimum atomic E-state index is -1.52. The van der Waals surface area contributed by atoms with E-state index in [0.29, 0.717) is 30.2 Å². The van der Waals surface area contributed by atoms with Gasteiger partial charge in [-0.05, 0) is 36.7 Å². The molecule has 2 N–H and O–H groups in total. The molecule has 0 bridgehead atoms. The van der Waals surface area contributed by atoms with Crippen molar-refractivity contribution < 1.29 is 23.1 Å². The first-order chi connectivity index (χ1) is 12.9. The van der Waals surface area contributed by atoms with Gasteiger partial charge in [0, 0.05) is 24.4 Å². The zero-order chi connectivity index (χ0) is 19.3. The highest BCUT2D eigenvalue weighted by Gasteiger charge is 2.24. The maximum Gasteiger partial charge on any atom is 0.341 e. The molecular formula is C19H13F3N2O3. The molecule has 0 aliphatic carbocycles. The van der Waals surface area contributed by atoms with Gasteiger partial charge in [0.2, 0.25) is 5.43 Å². The fourth-order valence-corrected chi connectivity index (χ4v) is 3.48. The molecule has 0 radical (unpaired) electrons. The van der Waals surface area contributed by atoms with Crippen molar-refractivity contribution in [2.45, 2.75) is 13.0 Å². The molecular weight excluding hydrogens is 361 g/mol. The van der Waals surface area contributed by atoms with Crippen molar-refractivity contribution in [1.29, 1.82) is 0 Å². The summed E-state index contributed by atoms with van der Waals surface area (Å²) in [7, 11) is 0. The lowest BCUT2D eigenvalue weighted by Crippen LogP contribution is -2.27. The van der Waals surface area contributed by atoms with E-state index >= 15 is 0 Å². The maximum atomic E-state index is 14.5. The Bertz CT molecular complexity index is 1170. The summed E-state index contributed by atoms with van der Waals surface area (Å²) in [5, 5.41) is 12.2. The average Bonchev–Trinajstić information content (AvgIpc) is 2.63. The topological polar surface area (TPSA) is 71.3 Å². The monoisotopic (exact) mass is 374 g/mol. The molecule has 1 aromatic heterocycles. The molecule has 0 amide bonds. The number of carboxylic acids is 1. The number of hydrogen-bond acceptors (Lipinski definition) is 3. The first-order valence-corrected chi connectivity index (χ1v) is 8.17. The molecule has 0 spiro atoms. The number of rotatable bonds is 2. The van der Waals surface area contributed by atoms with Crippen LogP contribution in [0, 0.1) is 17.5 Å². The number of halogens is 3. The van der Waals surface area contributed by atoms with Crippen molar-refractivity contribution in [1.82, 2.24) is 9.88 Å². The van der Waals surface area contributed by atoms with Gasteiger partial charge in [-0.25, -0.2) is 18.0 Å². The molecule has 8 heteroatoms. The minimum Gasteiger partial charge on any atom is -0.477 e. The fraction of sp³-hybridized carbons (Fsp3) is 0.158. The summed E-state index contributed by atoms with van der Waals surface area (Å²) in [6, 6.07) is 3.82. The van der Waals surface area contributed by atoms with Crippen molar-refractivity contribution in [3.63, 3.8) is 0 Å². The molecule has 5 nitrogen and oxygen atoms in total. The number of aromatic nitrogens is 1. The van der Waals surface area contributed by atoms with E-state index in [-0.39, 0.29) is 23.1 Å². The van der Waals surface area contributed by atoms with Crippen LogP contribution in [-0.2, 0) is 13.0 Å². The highest BCUT2D eigenvalue weighted by molar-refractivity contribution is 5.94. The van der Waals surface area contributed by atoms with Crippen LogP contribution in [0.4, 0.5) is 13.2 Å². The van der Waals surface area contributed by atoms with Crippen molar-refractivity contribution >= 4 is 16.9 Å². The van der Waals surface area contributed by atoms with Crippen molar-refractivity contribution in [3.05, 3.63) is 74.8 Å². The number of nitrogens with one attached hydrogen (secondary N) is 1. The normalized spacial score (nSPS) is 13.6. The summed E-state index contributed by atoms with van der Waals surface area (Å²) in [5.74, 6) is -3.87. The number of carbonyl (C=O) groups is 1. The van der Waals surface area contributed by atoms with Gasteiger partial charge in [0.05, 0.1) is 16.6 Å². The van der Waals surface area contributed by atoms with Gasteiger partial charge in [-0.2, -0.15) is 0 Å². The zero-order valence-electron chi connectivity index (χ0n) is 13.9. The summed E-state index contributed by atoms with van der Waals surface area (Å²) in [5.41, 5.74) is -0.533. The second-order valence-corrected chi connectivity index (χ2v) is 6.28. The van der Waals surface area contributed by atoms with Gasteiger partial charge in [0.1, 0.15) is 23.0 Å². The van der Waals surface area contributed by atoms with Gasteiger partial charge in [0.15, 0.2) is 0 Å². The molecule has 2 heterocycles. The van der Waals surface area contributed by atoms with Crippen molar-refractivity contribution in [2.24, 2.45) is 0 Å². The fourth-order valence-electron chi connectivity index (χ4n) is 3.48. The van der Waals surface area contributed by atoms with Gasteiger partial charge in [0.25, 0.3) is 0 Å². The SMILES string of the molecule is O=C(O)c1cn(-c2ccc(F)cc2F)c2c3c(c(F)cc2c1=O)CNCC3. The third-order valence-corrected chi connectivity index (χ3v) is 4.71. The average molecular weight is 374 g/mol. The molecule has 3 aromatic rings. The summed E-state index contributed by atoms with van der Waals surface area (Å²) in [4.78, 5) is 24.1. The van der Waals surface area contributed by atoms with Crippen LogP contribution in [0.3, 0.4) is 0 Å². The van der Waals surface area contributed by atoms with Crippen LogP contribution in [0.2, 0.25) is 0 Å². The first-order valence-electron chi connectivity index (χ1n) is 8.17. The van der Waals surface area contributed by atoms with Crippen LogP contribution in [-0.4, -0.2) is 22.2 Å². The van der Waals surface area contributed by atoms with E-state index in [0.717, 1.165) is 24.4 Å². The Morgan fingerprint density at radius 2 is 1.89 bits per heavy atom. The number of benzene rings is 2. The Morgan fingerprint density at radius 3 is 2.59 bits per heavy atom. The summed E-state index contributed by atoms with van der Waals surface area (Å²) < 4.78 is 43.5. The summed E-state index contributed by atoms with van der Waals surface area (Å²) >= 11 is 0. The molecule has 1 aliphatic rings. The molecule has 1 aliphatic heterocycles. The standard InChI is InChI=1S/C19H13F3N2O3/c20-9-1-2-16(15(22)5-9)24-8-13(19(26)27)18(25)11-6-14(21)12-7-23-4-3-10(12)17(11)24/h1-2,5-6,8,23H,3-4,7H2,(H,26,27). The van der Waals surface area contributed by atoms with Gasteiger partial charge >= 0.3 is 5.97 Å². The van der Waals surface area contributed by atoms with Crippen LogP contribution < -0.4 is 10.7 Å². The third-order valence-electron chi connectivity index (χ3n) is 4.71. The van der Waals surface area contributed by atoms with E-state index in [1.807, 2.05) is 0 Å². The second-order valence-electron chi connectivity index (χ2n) is 6.28. The quantitative estimate of drug-likeness (QED) is 0.724. The predicted octanol–water partition coefficient (Wildman–Crippen LogP) is 2.75. The zero-order valence-corrected chi connectivity index (χ0v) is 13.9. The van der Waals surface area contributed by atoms with E-state index in [2.05, 4.69) is 5.32 Å². The maximum absolute atomic E-state index is 14.5. The predicted molar refractivity (Wildman–Crippen MR) is 91.8 cm³/mol. The van der Waals surface area contributed by atoms with Crippen LogP contribution in [0.15, 0.2) is 35.3 Å². The van der Waals surface area contributed by atoms with Gasteiger partial charge < -0.3 is 15.0 Å². The van der Waals surface area contributed by atoms with Crippen LogP contribution in [0.25, 0.3) is 16.6 Å². The Balaban J connectivity index is 2.21. The highest BCUT2D eigenvalue weighted by atomic mass is 19.1. The van der Waals surface area contributed by atoms with E-state index in [4.69, 9.17) is 0 Å². The first kappa shape index (κ1) is 17.3. The molecule has 138 valence electrons. The van der Waals surface area contributed by atoms with Crippen molar-refractivity contribution in [3.8, 4) is 5.69 Å². The Labute approximate surface area is 150 Å². The summed E-state index contributed by atoms with van der Waals surface area (Å²) in [6.45, 7) is 0.754. The lowest BCUT2D eigenvalue weighted by molar-refractivity contribution is 0.0695. The van der Waals surface area contributed by atoms with E-state index in [1.54, 1.807) is 0 Å².